The van der Waals surface area contributed by atoms with Gasteiger partial charge in [-0.25, -0.2) is 9.38 Å². The molecule has 1 unspecified atom stereocenters. The molecule has 0 spiro atoms. The molecule has 28 heavy (non-hydrogen) atoms. The van der Waals surface area contributed by atoms with Crippen molar-refractivity contribution in [1.29, 1.82) is 0 Å². The molecule has 1 aliphatic heterocycles. The number of likely N-dealkylation sites (tertiary alicyclic amines) is 1. The molecule has 1 fully saturated rings. The normalized spacial score (nSPS) is 16.9. The molecule has 0 radical (unpaired) electrons. The maximum Gasteiger partial charge on any atom is 0.194 e. The van der Waals surface area contributed by atoms with Crippen LogP contribution in [0.5, 0.6) is 5.75 Å². The van der Waals surface area contributed by atoms with Crippen LogP contribution in [-0.2, 0) is 9.47 Å². The molecule has 0 bridgehead atoms. The predicted molar refractivity (Wildman–Crippen MR) is 110 cm³/mol. The van der Waals surface area contributed by atoms with Gasteiger partial charge in [-0.05, 0) is 45.2 Å². The minimum atomic E-state index is -0.297. The Balaban J connectivity index is 1.80. The standard InChI is InChI=1S/C21H34FN3O3/c1-4-23-21(24-16-17(2)28-20-8-5-7-18(22)15-20)25-11-9-19(10-12-25)27-14-6-13-26-3/h5,7-8,15,17,19H,4,6,9-14,16H2,1-3H3,(H,23,24). The molecule has 1 N–H and O–H groups in total. The van der Waals surface area contributed by atoms with Crippen molar-refractivity contribution in [3.05, 3.63) is 30.1 Å². The van der Waals surface area contributed by atoms with Crippen LogP contribution < -0.4 is 10.1 Å². The average molecular weight is 396 g/mol. The fourth-order valence-corrected chi connectivity index (χ4v) is 3.14. The van der Waals surface area contributed by atoms with E-state index in [-0.39, 0.29) is 11.9 Å². The van der Waals surface area contributed by atoms with Gasteiger partial charge in [0.05, 0.1) is 12.6 Å². The second-order valence-corrected chi connectivity index (χ2v) is 6.98. The zero-order chi connectivity index (χ0) is 20.2. The maximum absolute atomic E-state index is 13.3. The van der Waals surface area contributed by atoms with Gasteiger partial charge in [0.1, 0.15) is 17.7 Å². The second-order valence-electron chi connectivity index (χ2n) is 6.98. The molecule has 1 aliphatic rings. The van der Waals surface area contributed by atoms with Crippen molar-refractivity contribution in [2.24, 2.45) is 4.99 Å². The minimum absolute atomic E-state index is 0.142. The van der Waals surface area contributed by atoms with E-state index in [4.69, 9.17) is 19.2 Å². The van der Waals surface area contributed by atoms with Gasteiger partial charge < -0.3 is 24.4 Å². The number of nitrogens with zero attached hydrogens (tertiary/aromatic N) is 2. The van der Waals surface area contributed by atoms with Gasteiger partial charge in [0.2, 0.25) is 0 Å². The number of benzene rings is 1. The number of ether oxygens (including phenoxy) is 3. The van der Waals surface area contributed by atoms with Crippen LogP contribution in [0.25, 0.3) is 0 Å². The van der Waals surface area contributed by atoms with Gasteiger partial charge in [-0.1, -0.05) is 6.07 Å². The number of methoxy groups -OCH3 is 1. The van der Waals surface area contributed by atoms with E-state index in [9.17, 15) is 4.39 Å². The first kappa shape index (κ1) is 22.4. The number of nitrogens with one attached hydrogen (secondary N) is 1. The Morgan fingerprint density at radius 2 is 2.11 bits per heavy atom. The number of hydrogen-bond acceptors (Lipinski definition) is 4. The van der Waals surface area contributed by atoms with Crippen LogP contribution in [0.3, 0.4) is 0 Å². The molecule has 0 aliphatic carbocycles. The van der Waals surface area contributed by atoms with E-state index in [1.807, 2.05) is 6.92 Å². The van der Waals surface area contributed by atoms with Gasteiger partial charge in [-0.3, -0.25) is 0 Å². The minimum Gasteiger partial charge on any atom is -0.489 e. The number of hydrogen-bond donors (Lipinski definition) is 1. The summed E-state index contributed by atoms with van der Waals surface area (Å²) >= 11 is 0. The highest BCUT2D eigenvalue weighted by Gasteiger charge is 2.22. The summed E-state index contributed by atoms with van der Waals surface area (Å²) in [6.07, 6.45) is 3.09. The molecule has 1 heterocycles. The van der Waals surface area contributed by atoms with Crippen molar-refractivity contribution in [3.8, 4) is 5.75 Å². The van der Waals surface area contributed by atoms with Gasteiger partial charge in [0, 0.05) is 46.0 Å². The summed E-state index contributed by atoms with van der Waals surface area (Å²) in [5, 5.41) is 3.36. The molecule has 0 amide bonds. The van der Waals surface area contributed by atoms with E-state index in [1.165, 1.54) is 12.1 Å². The molecule has 0 aromatic heterocycles. The zero-order valence-corrected chi connectivity index (χ0v) is 17.3. The van der Waals surface area contributed by atoms with Crippen molar-refractivity contribution < 1.29 is 18.6 Å². The molecular formula is C21H34FN3O3. The fraction of sp³-hybridized carbons (Fsp3) is 0.667. The number of aliphatic imine (C=N–C) groups is 1. The summed E-state index contributed by atoms with van der Waals surface area (Å²) in [4.78, 5) is 6.99. The predicted octanol–water partition coefficient (Wildman–Crippen LogP) is 3.08. The van der Waals surface area contributed by atoms with Crippen LogP contribution in [0.1, 0.15) is 33.1 Å². The van der Waals surface area contributed by atoms with Crippen LogP contribution in [0.15, 0.2) is 29.3 Å². The first-order valence-electron chi connectivity index (χ1n) is 10.2. The topological polar surface area (TPSA) is 55.3 Å². The Bertz CT molecular complexity index is 592. The molecular weight excluding hydrogens is 361 g/mol. The summed E-state index contributed by atoms with van der Waals surface area (Å²) < 4.78 is 30.0. The van der Waals surface area contributed by atoms with Crippen LogP contribution in [0, 0.1) is 5.82 Å². The lowest BCUT2D eigenvalue weighted by atomic mass is 10.1. The first-order valence-corrected chi connectivity index (χ1v) is 10.2. The molecule has 2 rings (SSSR count). The fourth-order valence-electron chi connectivity index (χ4n) is 3.14. The molecule has 6 nitrogen and oxygen atoms in total. The van der Waals surface area contributed by atoms with E-state index in [1.54, 1.807) is 19.2 Å². The smallest absolute Gasteiger partial charge is 0.194 e. The van der Waals surface area contributed by atoms with Crippen molar-refractivity contribution >= 4 is 5.96 Å². The quantitative estimate of drug-likeness (QED) is 0.375. The number of rotatable bonds is 10. The van der Waals surface area contributed by atoms with Crippen LogP contribution >= 0.6 is 0 Å². The van der Waals surface area contributed by atoms with Crippen LogP contribution in [0.2, 0.25) is 0 Å². The molecule has 158 valence electrons. The highest BCUT2D eigenvalue weighted by Crippen LogP contribution is 2.16. The third-order valence-electron chi connectivity index (χ3n) is 4.55. The maximum atomic E-state index is 13.3. The summed E-state index contributed by atoms with van der Waals surface area (Å²) in [6.45, 7) is 8.65. The van der Waals surface area contributed by atoms with Crippen molar-refractivity contribution in [2.75, 3.05) is 46.5 Å². The van der Waals surface area contributed by atoms with Gasteiger partial charge in [-0.2, -0.15) is 0 Å². The molecule has 1 saturated heterocycles. The lowest BCUT2D eigenvalue weighted by molar-refractivity contribution is 0.00988. The van der Waals surface area contributed by atoms with Gasteiger partial charge in [-0.15, -0.1) is 0 Å². The van der Waals surface area contributed by atoms with Crippen LogP contribution in [0.4, 0.5) is 4.39 Å². The Labute approximate surface area is 168 Å². The van der Waals surface area contributed by atoms with Crippen molar-refractivity contribution in [2.45, 2.75) is 45.3 Å². The van der Waals surface area contributed by atoms with E-state index in [2.05, 4.69) is 17.1 Å². The largest absolute Gasteiger partial charge is 0.489 e. The molecule has 0 saturated carbocycles. The van der Waals surface area contributed by atoms with Crippen molar-refractivity contribution in [1.82, 2.24) is 10.2 Å². The monoisotopic (exact) mass is 395 g/mol. The lowest BCUT2D eigenvalue weighted by Crippen LogP contribution is -2.47. The zero-order valence-electron chi connectivity index (χ0n) is 17.3. The molecule has 1 aromatic rings. The third-order valence-corrected chi connectivity index (χ3v) is 4.55. The molecule has 1 aromatic carbocycles. The van der Waals surface area contributed by atoms with Crippen LogP contribution in [-0.4, -0.2) is 69.6 Å². The highest BCUT2D eigenvalue weighted by molar-refractivity contribution is 5.80. The first-order chi connectivity index (χ1) is 13.6. The van der Waals surface area contributed by atoms with Gasteiger partial charge in [0.25, 0.3) is 0 Å². The third kappa shape index (κ3) is 8.02. The average Bonchev–Trinajstić information content (AvgIpc) is 2.69. The van der Waals surface area contributed by atoms with Gasteiger partial charge >= 0.3 is 0 Å². The molecule has 7 heteroatoms. The van der Waals surface area contributed by atoms with E-state index < -0.39 is 0 Å². The summed E-state index contributed by atoms with van der Waals surface area (Å²) in [6, 6.07) is 6.20. The SMILES string of the molecule is CCNC(=NCC(C)Oc1cccc(F)c1)N1CCC(OCCCOC)CC1. The second kappa shape index (κ2) is 12.6. The Morgan fingerprint density at radius 1 is 1.32 bits per heavy atom. The number of piperidine rings is 1. The Hall–Kier alpha value is -1.86. The number of halogens is 1. The Morgan fingerprint density at radius 3 is 2.79 bits per heavy atom. The Kier molecular flexibility index (Phi) is 10.1. The van der Waals surface area contributed by atoms with E-state index in [0.29, 0.717) is 18.4 Å². The summed E-state index contributed by atoms with van der Waals surface area (Å²) in [5.74, 6) is 1.13. The highest BCUT2D eigenvalue weighted by atomic mass is 19.1. The summed E-state index contributed by atoms with van der Waals surface area (Å²) in [5.41, 5.74) is 0. The van der Waals surface area contributed by atoms with Crippen molar-refractivity contribution in [3.63, 3.8) is 0 Å². The molecule has 1 atom stereocenters. The number of guanidine groups is 1. The van der Waals surface area contributed by atoms with E-state index in [0.717, 1.165) is 58.1 Å². The lowest BCUT2D eigenvalue weighted by Gasteiger charge is -2.34. The van der Waals surface area contributed by atoms with Gasteiger partial charge in [0.15, 0.2) is 5.96 Å². The van der Waals surface area contributed by atoms with E-state index >= 15 is 0 Å². The summed E-state index contributed by atoms with van der Waals surface area (Å²) in [7, 11) is 1.71.